The van der Waals surface area contributed by atoms with E-state index in [2.05, 4.69) is 5.32 Å². The van der Waals surface area contributed by atoms with Crippen molar-refractivity contribution in [2.24, 2.45) is 5.92 Å². The number of nitrogens with one attached hydrogen (secondary N) is 1. The third-order valence-corrected chi connectivity index (χ3v) is 5.66. The Bertz CT molecular complexity index is 1010. The van der Waals surface area contributed by atoms with Crippen LogP contribution in [0.2, 0.25) is 0 Å². The normalized spacial score (nSPS) is 20.4. The molecule has 2 aromatic rings. The van der Waals surface area contributed by atoms with Gasteiger partial charge in [-0.2, -0.15) is 0 Å². The Hall–Kier alpha value is -3.19. The number of benzene rings is 2. The first-order valence-corrected chi connectivity index (χ1v) is 10.3. The second-order valence-electron chi connectivity index (χ2n) is 7.95. The van der Waals surface area contributed by atoms with E-state index in [1.807, 2.05) is 0 Å². The van der Waals surface area contributed by atoms with E-state index in [1.165, 1.54) is 4.90 Å². The Morgan fingerprint density at radius 1 is 1.00 bits per heavy atom. The van der Waals surface area contributed by atoms with Crippen molar-refractivity contribution in [3.05, 3.63) is 53.6 Å². The van der Waals surface area contributed by atoms with Crippen LogP contribution >= 0.6 is 0 Å². The van der Waals surface area contributed by atoms with Crippen LogP contribution in [0.25, 0.3) is 0 Å². The highest BCUT2D eigenvalue weighted by molar-refractivity contribution is 6.21. The first kappa shape index (κ1) is 18.8. The number of nitrogens with zero attached hydrogens (tertiary/aromatic N) is 1. The molecule has 2 fully saturated rings. The number of anilines is 1. The molecule has 1 unspecified atom stereocenters. The van der Waals surface area contributed by atoms with Crippen molar-refractivity contribution in [3.63, 3.8) is 0 Å². The predicted octanol–water partition coefficient (Wildman–Crippen LogP) is 3.60. The van der Waals surface area contributed by atoms with Gasteiger partial charge < -0.3 is 14.8 Å². The van der Waals surface area contributed by atoms with Gasteiger partial charge in [-0.05, 0) is 68.1 Å². The molecule has 1 N–H and O–H groups in total. The van der Waals surface area contributed by atoms with Crippen molar-refractivity contribution < 1.29 is 23.9 Å². The summed E-state index contributed by atoms with van der Waals surface area (Å²) in [6.45, 7) is 0.964. The van der Waals surface area contributed by atoms with Crippen molar-refractivity contribution >= 4 is 23.4 Å². The fourth-order valence-electron chi connectivity index (χ4n) is 3.82. The largest absolute Gasteiger partial charge is 0.457 e. The van der Waals surface area contributed by atoms with E-state index in [4.69, 9.17) is 9.47 Å². The molecular formula is C23H22N2O5. The summed E-state index contributed by atoms with van der Waals surface area (Å²) in [5, 5.41) is 2.88. The molecule has 7 nitrogen and oxygen atoms in total. The minimum absolute atomic E-state index is 0.0537. The number of hydrogen-bond donors (Lipinski definition) is 1. The number of carbonyl (C=O) groups excluding carboxylic acids is 3. The van der Waals surface area contributed by atoms with Crippen LogP contribution in [-0.2, 0) is 9.53 Å². The van der Waals surface area contributed by atoms with Gasteiger partial charge in [-0.15, -0.1) is 0 Å². The lowest BCUT2D eigenvalue weighted by atomic mass is 10.1. The smallest absolute Gasteiger partial charge is 0.261 e. The zero-order valence-corrected chi connectivity index (χ0v) is 16.4. The van der Waals surface area contributed by atoms with Gasteiger partial charge in [0.1, 0.15) is 11.5 Å². The van der Waals surface area contributed by atoms with Gasteiger partial charge in [-0.25, -0.2) is 0 Å². The highest BCUT2D eigenvalue weighted by Crippen LogP contribution is 2.32. The van der Waals surface area contributed by atoms with Crippen LogP contribution in [0.5, 0.6) is 11.5 Å². The molecule has 1 aliphatic carbocycles. The summed E-state index contributed by atoms with van der Waals surface area (Å²) in [6, 6.07) is 12.0. The van der Waals surface area contributed by atoms with Crippen molar-refractivity contribution in [3.8, 4) is 11.5 Å². The summed E-state index contributed by atoms with van der Waals surface area (Å²) >= 11 is 0. The van der Waals surface area contributed by atoms with Gasteiger partial charge in [0.2, 0.25) is 5.91 Å². The number of carbonyl (C=O) groups is 3. The summed E-state index contributed by atoms with van der Waals surface area (Å²) in [6.07, 6.45) is 3.64. The maximum Gasteiger partial charge on any atom is 0.261 e. The SMILES string of the molecule is O=C(Nc1ccc(Oc2ccc3c(c2)C(=O)N(CC2CCCO2)C3=O)cc1)C1CC1. The highest BCUT2D eigenvalue weighted by Gasteiger charge is 2.37. The minimum Gasteiger partial charge on any atom is -0.457 e. The van der Waals surface area contributed by atoms with Crippen LogP contribution < -0.4 is 10.1 Å². The molecule has 7 heteroatoms. The summed E-state index contributed by atoms with van der Waals surface area (Å²) in [4.78, 5) is 38.5. The number of amides is 3. The van der Waals surface area contributed by atoms with Crippen LogP contribution in [0.15, 0.2) is 42.5 Å². The lowest BCUT2D eigenvalue weighted by molar-refractivity contribution is -0.117. The molecule has 30 heavy (non-hydrogen) atoms. The van der Waals surface area contributed by atoms with Gasteiger partial charge in [0, 0.05) is 18.2 Å². The molecule has 1 saturated carbocycles. The van der Waals surface area contributed by atoms with Gasteiger partial charge >= 0.3 is 0 Å². The lowest BCUT2D eigenvalue weighted by Gasteiger charge is -2.17. The monoisotopic (exact) mass is 406 g/mol. The van der Waals surface area contributed by atoms with Crippen molar-refractivity contribution in [2.75, 3.05) is 18.5 Å². The van der Waals surface area contributed by atoms with E-state index in [-0.39, 0.29) is 36.3 Å². The molecule has 5 rings (SSSR count). The standard InChI is InChI=1S/C23H22N2O5/c26-21(14-3-4-14)24-15-5-7-16(8-6-15)30-17-9-10-19-20(12-17)23(28)25(22(19)27)13-18-2-1-11-29-18/h5-10,12,14,18H,1-4,11,13H2,(H,24,26). The summed E-state index contributed by atoms with van der Waals surface area (Å²) < 4.78 is 11.4. The average molecular weight is 406 g/mol. The molecule has 3 amide bonds. The molecule has 3 aliphatic rings. The van der Waals surface area contributed by atoms with E-state index in [1.54, 1.807) is 42.5 Å². The number of ether oxygens (including phenoxy) is 2. The number of fused-ring (bicyclic) bond motifs is 1. The van der Waals surface area contributed by atoms with Crippen LogP contribution in [0.4, 0.5) is 5.69 Å². The Labute approximate surface area is 174 Å². The van der Waals surface area contributed by atoms with Gasteiger partial charge in [0.25, 0.3) is 11.8 Å². The molecule has 0 aromatic heterocycles. The quantitative estimate of drug-likeness (QED) is 0.741. The first-order chi connectivity index (χ1) is 14.6. The Morgan fingerprint density at radius 3 is 2.43 bits per heavy atom. The van der Waals surface area contributed by atoms with E-state index >= 15 is 0 Å². The summed E-state index contributed by atoms with van der Waals surface area (Å²) in [5.41, 5.74) is 1.46. The molecule has 1 saturated heterocycles. The van der Waals surface area contributed by atoms with E-state index in [0.29, 0.717) is 29.2 Å². The summed E-state index contributed by atoms with van der Waals surface area (Å²) in [7, 11) is 0. The third-order valence-electron chi connectivity index (χ3n) is 5.66. The Balaban J connectivity index is 1.27. The molecule has 1 atom stereocenters. The van der Waals surface area contributed by atoms with Gasteiger partial charge in [0.05, 0.1) is 23.8 Å². The van der Waals surface area contributed by atoms with Crippen molar-refractivity contribution in [1.82, 2.24) is 4.90 Å². The number of hydrogen-bond acceptors (Lipinski definition) is 5. The molecule has 2 heterocycles. The van der Waals surface area contributed by atoms with Gasteiger partial charge in [-0.3, -0.25) is 19.3 Å². The highest BCUT2D eigenvalue weighted by atomic mass is 16.5. The van der Waals surface area contributed by atoms with Crippen LogP contribution in [0.1, 0.15) is 46.4 Å². The third kappa shape index (κ3) is 3.68. The topological polar surface area (TPSA) is 84.9 Å². The van der Waals surface area contributed by atoms with Crippen LogP contribution in [0, 0.1) is 5.92 Å². The van der Waals surface area contributed by atoms with E-state index < -0.39 is 0 Å². The second kappa shape index (κ2) is 7.57. The fourth-order valence-corrected chi connectivity index (χ4v) is 3.82. The summed E-state index contributed by atoms with van der Waals surface area (Å²) in [5.74, 6) is 0.656. The number of imide groups is 1. The zero-order valence-electron chi connectivity index (χ0n) is 16.4. The van der Waals surface area contributed by atoms with Crippen molar-refractivity contribution in [1.29, 1.82) is 0 Å². The first-order valence-electron chi connectivity index (χ1n) is 10.3. The molecule has 0 bridgehead atoms. The maximum absolute atomic E-state index is 12.8. The molecule has 2 aliphatic heterocycles. The average Bonchev–Trinajstić information content (AvgIpc) is 3.44. The maximum atomic E-state index is 12.8. The number of rotatable bonds is 6. The molecular weight excluding hydrogens is 384 g/mol. The van der Waals surface area contributed by atoms with Crippen LogP contribution in [0.3, 0.4) is 0 Å². The van der Waals surface area contributed by atoms with Crippen molar-refractivity contribution in [2.45, 2.75) is 31.8 Å². The second-order valence-corrected chi connectivity index (χ2v) is 7.95. The van der Waals surface area contributed by atoms with Gasteiger partial charge in [-0.1, -0.05) is 0 Å². The minimum atomic E-state index is -0.311. The molecule has 154 valence electrons. The zero-order chi connectivity index (χ0) is 20.7. The molecule has 0 radical (unpaired) electrons. The van der Waals surface area contributed by atoms with E-state index in [9.17, 15) is 14.4 Å². The fraction of sp³-hybridized carbons (Fsp3) is 0.348. The Morgan fingerprint density at radius 2 is 1.73 bits per heavy atom. The molecule has 0 spiro atoms. The van der Waals surface area contributed by atoms with Gasteiger partial charge in [0.15, 0.2) is 0 Å². The van der Waals surface area contributed by atoms with E-state index in [0.717, 1.165) is 31.4 Å². The lowest BCUT2D eigenvalue weighted by Crippen LogP contribution is -2.36. The molecule has 2 aromatic carbocycles. The van der Waals surface area contributed by atoms with Crippen LogP contribution in [-0.4, -0.2) is 41.9 Å². The predicted molar refractivity (Wildman–Crippen MR) is 109 cm³/mol. The Kier molecular flexibility index (Phi) is 4.75.